The van der Waals surface area contributed by atoms with Crippen LogP contribution in [0.3, 0.4) is 0 Å². The lowest BCUT2D eigenvalue weighted by atomic mass is 9.53. The van der Waals surface area contributed by atoms with Gasteiger partial charge in [-0.3, -0.25) is 4.79 Å². The maximum Gasteiger partial charge on any atom is 0.313 e. The highest BCUT2D eigenvalue weighted by molar-refractivity contribution is 5.81. The maximum absolute atomic E-state index is 13.0. The standard InChI is InChI=1S/C19H24O5/c1-11-7-15(21)17-12(9-20)3-2-4-14(17)19(11)8-16(24-18(19)22)13-5-6-23-10-13/h5-6,10-11,14-16,20-21H,2-4,7-9H2,1H3/t11-,14+,15-,16-,19-/m1/s1. The van der Waals surface area contributed by atoms with Gasteiger partial charge in [0.15, 0.2) is 0 Å². The first-order valence-electron chi connectivity index (χ1n) is 8.81. The second-order valence-electron chi connectivity index (χ2n) is 7.51. The zero-order valence-corrected chi connectivity index (χ0v) is 13.9. The fourth-order valence-corrected chi connectivity index (χ4v) is 5.26. The van der Waals surface area contributed by atoms with Gasteiger partial charge in [0.25, 0.3) is 0 Å². The minimum atomic E-state index is -0.600. The molecule has 0 aromatic carbocycles. The molecule has 0 amide bonds. The van der Waals surface area contributed by atoms with Crippen LogP contribution < -0.4 is 0 Å². The van der Waals surface area contributed by atoms with Crippen LogP contribution in [0.15, 0.2) is 34.2 Å². The molecule has 2 fully saturated rings. The van der Waals surface area contributed by atoms with E-state index < -0.39 is 11.5 Å². The fourth-order valence-electron chi connectivity index (χ4n) is 5.26. The van der Waals surface area contributed by atoms with Crippen molar-refractivity contribution in [3.8, 4) is 0 Å². The van der Waals surface area contributed by atoms with E-state index in [-0.39, 0.29) is 30.5 Å². The lowest BCUT2D eigenvalue weighted by Crippen LogP contribution is -2.50. The summed E-state index contributed by atoms with van der Waals surface area (Å²) >= 11 is 0. The first-order valence-corrected chi connectivity index (χ1v) is 8.81. The van der Waals surface area contributed by atoms with Gasteiger partial charge in [-0.15, -0.1) is 0 Å². The van der Waals surface area contributed by atoms with Gasteiger partial charge < -0.3 is 19.4 Å². The summed E-state index contributed by atoms with van der Waals surface area (Å²) in [5, 5.41) is 20.3. The number of fused-ring (bicyclic) bond motifs is 2. The average Bonchev–Trinajstić information content (AvgIpc) is 3.21. The van der Waals surface area contributed by atoms with Gasteiger partial charge in [-0.05, 0) is 54.7 Å². The van der Waals surface area contributed by atoms with Crippen LogP contribution in [0.5, 0.6) is 0 Å². The second kappa shape index (κ2) is 5.74. The molecule has 1 spiro atoms. The highest BCUT2D eigenvalue weighted by Gasteiger charge is 2.61. The van der Waals surface area contributed by atoms with E-state index in [2.05, 4.69) is 0 Å². The van der Waals surface area contributed by atoms with Gasteiger partial charge in [-0.2, -0.15) is 0 Å². The predicted molar refractivity (Wildman–Crippen MR) is 85.8 cm³/mol. The summed E-state index contributed by atoms with van der Waals surface area (Å²) in [6.45, 7) is 2.01. The van der Waals surface area contributed by atoms with E-state index in [4.69, 9.17) is 9.15 Å². The summed E-state index contributed by atoms with van der Waals surface area (Å²) in [4.78, 5) is 13.0. The highest BCUT2D eigenvalue weighted by atomic mass is 16.6. The Bertz CT molecular complexity index is 661. The van der Waals surface area contributed by atoms with E-state index in [0.29, 0.717) is 12.8 Å². The number of aliphatic hydroxyl groups is 2. The SMILES string of the molecule is C[C@@H]1C[C@@H](O)C2=C(CO)CCC[C@@H]2[C@@]12C[C@H](c1ccoc1)OC2=O. The second-order valence-corrected chi connectivity index (χ2v) is 7.51. The Morgan fingerprint density at radius 1 is 1.42 bits per heavy atom. The minimum absolute atomic E-state index is 0.0310. The topological polar surface area (TPSA) is 79.9 Å². The third-order valence-corrected chi connectivity index (χ3v) is 6.45. The van der Waals surface area contributed by atoms with Crippen molar-refractivity contribution in [3.05, 3.63) is 35.3 Å². The third kappa shape index (κ3) is 2.11. The summed E-state index contributed by atoms with van der Waals surface area (Å²) in [5.74, 6) is -0.143. The quantitative estimate of drug-likeness (QED) is 0.643. The molecule has 1 saturated carbocycles. The summed E-state index contributed by atoms with van der Waals surface area (Å²) < 4.78 is 10.9. The van der Waals surface area contributed by atoms with E-state index in [9.17, 15) is 15.0 Å². The fraction of sp³-hybridized carbons (Fsp3) is 0.632. The molecule has 1 aromatic rings. The smallest absolute Gasteiger partial charge is 0.313 e. The lowest BCUT2D eigenvalue weighted by Gasteiger charge is -2.49. The molecule has 24 heavy (non-hydrogen) atoms. The minimum Gasteiger partial charge on any atom is -0.472 e. The average molecular weight is 332 g/mol. The van der Waals surface area contributed by atoms with E-state index in [0.717, 1.165) is 36.0 Å². The summed E-state index contributed by atoms with van der Waals surface area (Å²) in [5.41, 5.74) is 2.12. The summed E-state index contributed by atoms with van der Waals surface area (Å²) in [6, 6.07) is 1.84. The highest BCUT2D eigenvalue weighted by Crippen LogP contribution is 2.60. The lowest BCUT2D eigenvalue weighted by molar-refractivity contribution is -0.156. The van der Waals surface area contributed by atoms with Crippen LogP contribution in [0.4, 0.5) is 0 Å². The van der Waals surface area contributed by atoms with Gasteiger partial charge in [0, 0.05) is 12.0 Å². The number of cyclic esters (lactones) is 1. The molecule has 0 radical (unpaired) electrons. The number of hydrogen-bond acceptors (Lipinski definition) is 5. The molecule has 2 N–H and O–H groups in total. The zero-order chi connectivity index (χ0) is 16.9. The molecule has 5 nitrogen and oxygen atoms in total. The van der Waals surface area contributed by atoms with Gasteiger partial charge in [-0.25, -0.2) is 0 Å². The van der Waals surface area contributed by atoms with Crippen LogP contribution in [0, 0.1) is 17.3 Å². The summed E-state index contributed by atoms with van der Waals surface area (Å²) in [7, 11) is 0. The van der Waals surface area contributed by atoms with Crippen molar-refractivity contribution in [3.63, 3.8) is 0 Å². The van der Waals surface area contributed by atoms with Gasteiger partial charge in [0.2, 0.25) is 0 Å². The number of aliphatic hydroxyl groups excluding tert-OH is 2. The first-order chi connectivity index (χ1) is 11.6. The zero-order valence-electron chi connectivity index (χ0n) is 13.9. The van der Waals surface area contributed by atoms with Crippen LogP contribution in [-0.2, 0) is 9.53 Å². The van der Waals surface area contributed by atoms with E-state index in [1.807, 2.05) is 13.0 Å². The Morgan fingerprint density at radius 3 is 2.96 bits per heavy atom. The number of rotatable bonds is 2. The Hall–Kier alpha value is -1.59. The predicted octanol–water partition coefficient (Wildman–Crippen LogP) is 2.74. The molecule has 0 unspecified atom stereocenters. The number of hydrogen-bond donors (Lipinski definition) is 2. The molecule has 2 aliphatic carbocycles. The van der Waals surface area contributed by atoms with Gasteiger partial charge in [-0.1, -0.05) is 6.92 Å². The van der Waals surface area contributed by atoms with E-state index in [1.165, 1.54) is 0 Å². The normalized spacial score (nSPS) is 39.2. The number of ether oxygens (including phenoxy) is 1. The number of furan rings is 1. The van der Waals surface area contributed by atoms with Crippen molar-refractivity contribution in [2.45, 2.75) is 51.2 Å². The van der Waals surface area contributed by atoms with Crippen molar-refractivity contribution >= 4 is 5.97 Å². The first kappa shape index (κ1) is 15.9. The Balaban J connectivity index is 1.77. The molecule has 1 aromatic heterocycles. The molecule has 4 rings (SSSR count). The molecule has 1 aliphatic heterocycles. The molecule has 5 atom stereocenters. The molecule has 0 bridgehead atoms. The Labute approximate surface area is 141 Å². The number of esters is 1. The molecular formula is C19H24O5. The van der Waals surface area contributed by atoms with Crippen LogP contribution >= 0.6 is 0 Å². The Kier molecular flexibility index (Phi) is 3.81. The summed E-state index contributed by atoms with van der Waals surface area (Å²) in [6.07, 6.45) is 6.17. The third-order valence-electron chi connectivity index (χ3n) is 6.45. The molecule has 130 valence electrons. The van der Waals surface area contributed by atoms with Crippen LogP contribution in [-0.4, -0.2) is 28.9 Å². The van der Waals surface area contributed by atoms with Gasteiger partial charge in [0.05, 0.1) is 30.7 Å². The molecular weight excluding hydrogens is 308 g/mol. The number of carbonyl (C=O) groups excluding carboxylic acids is 1. The van der Waals surface area contributed by atoms with Crippen molar-refractivity contribution in [2.75, 3.05) is 6.61 Å². The van der Waals surface area contributed by atoms with Crippen LogP contribution in [0.25, 0.3) is 0 Å². The largest absolute Gasteiger partial charge is 0.472 e. The molecule has 1 saturated heterocycles. The Morgan fingerprint density at radius 2 is 2.25 bits per heavy atom. The van der Waals surface area contributed by atoms with E-state index in [1.54, 1.807) is 12.5 Å². The van der Waals surface area contributed by atoms with Gasteiger partial charge >= 0.3 is 5.97 Å². The van der Waals surface area contributed by atoms with Crippen LogP contribution in [0.2, 0.25) is 0 Å². The van der Waals surface area contributed by atoms with Crippen molar-refractivity contribution in [1.82, 2.24) is 0 Å². The molecule has 2 heterocycles. The van der Waals surface area contributed by atoms with Gasteiger partial charge in [0.1, 0.15) is 6.10 Å². The molecule has 5 heteroatoms. The van der Waals surface area contributed by atoms with Crippen molar-refractivity contribution in [2.24, 2.45) is 17.3 Å². The van der Waals surface area contributed by atoms with Crippen molar-refractivity contribution in [1.29, 1.82) is 0 Å². The monoisotopic (exact) mass is 332 g/mol. The number of carbonyl (C=O) groups is 1. The van der Waals surface area contributed by atoms with Crippen molar-refractivity contribution < 1.29 is 24.2 Å². The van der Waals surface area contributed by atoms with Crippen LogP contribution in [0.1, 0.15) is 50.7 Å². The molecule has 3 aliphatic rings. The van der Waals surface area contributed by atoms with E-state index >= 15 is 0 Å². The maximum atomic E-state index is 13.0.